The third kappa shape index (κ3) is 3.29. The molecule has 4 heterocycles. The monoisotopic (exact) mass is 638 g/mol. The zero-order valence-electron chi connectivity index (χ0n) is 26.3. The molecule has 0 spiro atoms. The van der Waals surface area contributed by atoms with E-state index in [-0.39, 0.29) is 0 Å². The van der Waals surface area contributed by atoms with Gasteiger partial charge in [-0.3, -0.25) is 0 Å². The average molecular weight is 639 g/mol. The van der Waals surface area contributed by atoms with Crippen molar-refractivity contribution in [2.24, 2.45) is 0 Å². The minimum Gasteiger partial charge on any atom is -0.456 e. The van der Waals surface area contributed by atoms with Gasteiger partial charge in [-0.25, -0.2) is 0 Å². The van der Waals surface area contributed by atoms with E-state index in [4.69, 9.17) is 8.83 Å². The summed E-state index contributed by atoms with van der Waals surface area (Å²) in [7, 11) is 0. The first-order chi connectivity index (χ1) is 24.7. The van der Waals surface area contributed by atoms with Crippen molar-refractivity contribution in [3.05, 3.63) is 145 Å². The quantitative estimate of drug-likeness (QED) is 0.189. The summed E-state index contributed by atoms with van der Waals surface area (Å²) >= 11 is 0. The summed E-state index contributed by atoms with van der Waals surface area (Å²) in [6, 6.07) is 49.5. The lowest BCUT2D eigenvalue weighted by Crippen LogP contribution is -2.07. The van der Waals surface area contributed by atoms with Gasteiger partial charge in [0.25, 0.3) is 0 Å². The first kappa shape index (κ1) is 26.8. The second-order valence-corrected chi connectivity index (χ2v) is 12.6. The Balaban J connectivity index is 1.36. The van der Waals surface area contributed by atoms with Crippen molar-refractivity contribution in [2.75, 3.05) is 0 Å². The van der Waals surface area contributed by atoms with Gasteiger partial charge in [0.15, 0.2) is 0 Å². The molecule has 0 amide bonds. The maximum atomic E-state index is 10.9. The lowest BCUT2D eigenvalue weighted by atomic mass is 10.0. The molecule has 0 bridgehead atoms. The van der Waals surface area contributed by atoms with Crippen LogP contribution in [0.4, 0.5) is 0 Å². The van der Waals surface area contributed by atoms with Crippen molar-refractivity contribution in [2.45, 2.75) is 0 Å². The van der Waals surface area contributed by atoms with Gasteiger partial charge in [0, 0.05) is 43.1 Å². The van der Waals surface area contributed by atoms with E-state index in [0.29, 0.717) is 16.8 Å². The number of para-hydroxylation sites is 4. The van der Waals surface area contributed by atoms with Gasteiger partial charge in [-0.1, -0.05) is 72.8 Å². The Bertz CT molecular complexity index is 3360. The van der Waals surface area contributed by atoms with Crippen molar-refractivity contribution < 1.29 is 8.83 Å². The Hall–Kier alpha value is -7.28. The van der Waals surface area contributed by atoms with Crippen LogP contribution in [0.25, 0.3) is 98.9 Å². The smallest absolute Gasteiger partial charge is 0.136 e. The van der Waals surface area contributed by atoms with E-state index in [1.54, 1.807) is 6.07 Å². The molecule has 0 N–H and O–H groups in total. The van der Waals surface area contributed by atoms with Crippen LogP contribution in [0.5, 0.6) is 0 Å². The second-order valence-electron chi connectivity index (χ2n) is 12.6. The number of aromatic nitrogens is 2. The molecule has 230 valence electrons. The van der Waals surface area contributed by atoms with Gasteiger partial charge < -0.3 is 18.0 Å². The SMILES string of the molecule is N#Cc1ccc(-n2c3ccccc3c3c4c(ccc32)oc2ccccc24)c(-n2c3ccccc3c3c4c(ccc32)oc2ccccc24)c1C#N. The summed E-state index contributed by atoms with van der Waals surface area (Å²) in [5.74, 6) is 0. The summed E-state index contributed by atoms with van der Waals surface area (Å²) in [6.45, 7) is 0. The highest BCUT2D eigenvalue weighted by atomic mass is 16.3. The molecule has 6 nitrogen and oxygen atoms in total. The molecule has 7 aromatic carbocycles. The van der Waals surface area contributed by atoms with Gasteiger partial charge >= 0.3 is 0 Å². The van der Waals surface area contributed by atoms with Crippen LogP contribution in [0.2, 0.25) is 0 Å². The van der Waals surface area contributed by atoms with E-state index in [1.807, 2.05) is 72.8 Å². The molecule has 0 aliphatic heterocycles. The molecule has 50 heavy (non-hydrogen) atoms. The van der Waals surface area contributed by atoms with Gasteiger partial charge in [-0.15, -0.1) is 0 Å². The molecule has 0 unspecified atom stereocenters. The minimum atomic E-state index is 0.311. The van der Waals surface area contributed by atoms with E-state index in [1.165, 1.54) is 0 Å². The molecular formula is C44H22N4O2. The summed E-state index contributed by atoms with van der Waals surface area (Å²) in [6.07, 6.45) is 0. The molecule has 0 saturated heterocycles. The van der Waals surface area contributed by atoms with Crippen molar-refractivity contribution in [3.8, 4) is 23.5 Å². The van der Waals surface area contributed by atoms with E-state index in [2.05, 4.69) is 75.9 Å². The Morgan fingerprint density at radius 2 is 0.900 bits per heavy atom. The van der Waals surface area contributed by atoms with Gasteiger partial charge in [0.05, 0.1) is 44.6 Å². The van der Waals surface area contributed by atoms with Crippen molar-refractivity contribution in [1.29, 1.82) is 10.5 Å². The highest BCUT2D eigenvalue weighted by Crippen LogP contribution is 2.45. The van der Waals surface area contributed by atoms with Crippen LogP contribution < -0.4 is 0 Å². The molecule has 11 rings (SSSR count). The Morgan fingerprint density at radius 1 is 0.400 bits per heavy atom. The van der Waals surface area contributed by atoms with Crippen LogP contribution in [0, 0.1) is 22.7 Å². The first-order valence-electron chi connectivity index (χ1n) is 16.4. The number of furan rings is 2. The molecule has 4 aromatic heterocycles. The van der Waals surface area contributed by atoms with Gasteiger partial charge in [0.1, 0.15) is 34.5 Å². The Kier molecular flexibility index (Phi) is 5.16. The molecule has 0 fully saturated rings. The average Bonchev–Trinajstić information content (AvgIpc) is 3.91. The fourth-order valence-corrected chi connectivity index (χ4v) is 8.24. The minimum absolute atomic E-state index is 0.311. The number of rotatable bonds is 2. The van der Waals surface area contributed by atoms with Gasteiger partial charge in [0.2, 0.25) is 0 Å². The number of fused-ring (bicyclic) bond motifs is 14. The zero-order valence-corrected chi connectivity index (χ0v) is 26.3. The maximum Gasteiger partial charge on any atom is 0.136 e. The largest absolute Gasteiger partial charge is 0.456 e. The standard InChI is InChI=1S/C44H22N4O2/c45-23-25-17-18-35(47-31-13-5-1-9-26(31)40-33(47)19-21-38-42(40)28-11-3-7-15-36(28)49-38)44(30(25)24-46)48-32-14-6-2-10-27(32)41-34(48)20-22-39-43(41)29-12-4-8-16-37(29)50-39/h1-22H. The zero-order chi connectivity index (χ0) is 33.1. The van der Waals surface area contributed by atoms with Crippen molar-refractivity contribution >= 4 is 87.5 Å². The topological polar surface area (TPSA) is 83.7 Å². The molecule has 11 aromatic rings. The van der Waals surface area contributed by atoms with Crippen LogP contribution in [0.3, 0.4) is 0 Å². The number of nitriles is 2. The normalized spacial score (nSPS) is 12.0. The van der Waals surface area contributed by atoms with Gasteiger partial charge in [-0.2, -0.15) is 10.5 Å². The third-order valence-electron chi connectivity index (χ3n) is 10.2. The van der Waals surface area contributed by atoms with Crippen molar-refractivity contribution in [3.63, 3.8) is 0 Å². The number of nitrogens with zero attached hydrogens (tertiary/aromatic N) is 4. The highest BCUT2D eigenvalue weighted by molar-refractivity contribution is 6.29. The Morgan fingerprint density at radius 3 is 1.46 bits per heavy atom. The first-order valence-corrected chi connectivity index (χ1v) is 16.4. The van der Waals surface area contributed by atoms with Crippen LogP contribution in [-0.4, -0.2) is 9.13 Å². The molecule has 0 aliphatic carbocycles. The summed E-state index contributed by atoms with van der Waals surface area (Å²) in [5, 5.41) is 29.6. The second kappa shape index (κ2) is 9.64. The molecule has 0 radical (unpaired) electrons. The van der Waals surface area contributed by atoms with E-state index in [0.717, 1.165) is 93.2 Å². The Labute approximate surface area is 283 Å². The predicted molar refractivity (Wildman–Crippen MR) is 199 cm³/mol. The molecule has 0 atom stereocenters. The predicted octanol–water partition coefficient (Wildman–Crippen LogP) is 11.4. The highest BCUT2D eigenvalue weighted by Gasteiger charge is 2.26. The molecule has 0 saturated carbocycles. The number of benzene rings is 7. The lowest BCUT2D eigenvalue weighted by Gasteiger charge is -2.18. The summed E-state index contributed by atoms with van der Waals surface area (Å²) < 4.78 is 17.0. The van der Waals surface area contributed by atoms with Crippen LogP contribution in [0.1, 0.15) is 11.1 Å². The maximum absolute atomic E-state index is 10.9. The van der Waals surface area contributed by atoms with Crippen LogP contribution in [-0.2, 0) is 0 Å². The molecular weight excluding hydrogens is 617 g/mol. The molecule has 0 aliphatic rings. The third-order valence-corrected chi connectivity index (χ3v) is 10.2. The fourth-order valence-electron chi connectivity index (χ4n) is 8.24. The summed E-state index contributed by atoms with van der Waals surface area (Å²) in [4.78, 5) is 0. The van der Waals surface area contributed by atoms with Crippen molar-refractivity contribution in [1.82, 2.24) is 9.13 Å². The number of hydrogen-bond acceptors (Lipinski definition) is 4. The summed E-state index contributed by atoms with van der Waals surface area (Å²) in [5.41, 5.74) is 9.14. The lowest BCUT2D eigenvalue weighted by molar-refractivity contribution is 0.669. The van der Waals surface area contributed by atoms with Crippen LogP contribution >= 0.6 is 0 Å². The number of hydrogen-bond donors (Lipinski definition) is 0. The van der Waals surface area contributed by atoms with Crippen LogP contribution in [0.15, 0.2) is 142 Å². The van der Waals surface area contributed by atoms with Gasteiger partial charge in [-0.05, 0) is 60.7 Å². The fraction of sp³-hybridized carbons (Fsp3) is 0. The van der Waals surface area contributed by atoms with E-state index < -0.39 is 0 Å². The van der Waals surface area contributed by atoms with E-state index in [9.17, 15) is 10.5 Å². The van der Waals surface area contributed by atoms with E-state index >= 15 is 0 Å². The molecule has 6 heteroatoms.